The summed E-state index contributed by atoms with van der Waals surface area (Å²) in [5.74, 6) is -0.182. The number of hydrogen-bond acceptors (Lipinski definition) is 2. The van der Waals surface area contributed by atoms with E-state index in [1.807, 2.05) is 0 Å². The van der Waals surface area contributed by atoms with Crippen molar-refractivity contribution < 1.29 is 9.90 Å². The lowest BCUT2D eigenvalue weighted by molar-refractivity contribution is -0.142. The minimum atomic E-state index is -0.624. The maximum Gasteiger partial charge on any atom is 0.306 e. The third-order valence-electron chi connectivity index (χ3n) is 4.64. The summed E-state index contributed by atoms with van der Waals surface area (Å²) in [7, 11) is 0. The van der Waals surface area contributed by atoms with Crippen LogP contribution in [0, 0.1) is 5.92 Å². The molecule has 21 heavy (non-hydrogen) atoms. The molecule has 1 aliphatic rings. The van der Waals surface area contributed by atoms with Gasteiger partial charge in [-0.15, -0.1) is 0 Å². The van der Waals surface area contributed by atoms with E-state index >= 15 is 0 Å². The molecule has 2 rings (SSSR count). The Balaban J connectivity index is 1.82. The molecule has 1 aliphatic carbocycles. The highest BCUT2D eigenvalue weighted by molar-refractivity contribution is 5.70. The van der Waals surface area contributed by atoms with Gasteiger partial charge in [0, 0.05) is 12.6 Å². The van der Waals surface area contributed by atoms with Gasteiger partial charge < -0.3 is 10.4 Å². The number of hydrogen-bond donors (Lipinski definition) is 2. The van der Waals surface area contributed by atoms with E-state index in [-0.39, 0.29) is 5.92 Å². The monoisotopic (exact) mass is 289 g/mol. The fraction of sp³-hybridized carbons (Fsp3) is 0.611. The van der Waals surface area contributed by atoms with Crippen molar-refractivity contribution in [3.05, 3.63) is 35.9 Å². The van der Waals surface area contributed by atoms with Crippen molar-refractivity contribution in [3.63, 3.8) is 0 Å². The maximum absolute atomic E-state index is 11.0. The molecule has 1 fully saturated rings. The maximum atomic E-state index is 11.0. The molecule has 0 saturated heterocycles. The summed E-state index contributed by atoms with van der Waals surface area (Å²) in [6.45, 7) is 3.23. The van der Waals surface area contributed by atoms with Crippen molar-refractivity contribution in [1.82, 2.24) is 5.32 Å². The number of carboxylic acids is 1. The van der Waals surface area contributed by atoms with Gasteiger partial charge in [0.15, 0.2) is 0 Å². The van der Waals surface area contributed by atoms with Gasteiger partial charge in [-0.25, -0.2) is 0 Å². The van der Waals surface area contributed by atoms with E-state index < -0.39 is 5.97 Å². The summed E-state index contributed by atoms with van der Waals surface area (Å²) in [6.07, 6.45) is 6.00. The molecule has 0 heterocycles. The van der Waals surface area contributed by atoms with Crippen molar-refractivity contribution in [2.45, 2.75) is 57.4 Å². The van der Waals surface area contributed by atoms with E-state index in [1.54, 1.807) is 0 Å². The summed E-state index contributed by atoms with van der Waals surface area (Å²) >= 11 is 0. The lowest BCUT2D eigenvalue weighted by Crippen LogP contribution is -2.37. The highest BCUT2D eigenvalue weighted by Gasteiger charge is 2.26. The first-order valence-electron chi connectivity index (χ1n) is 8.21. The zero-order valence-corrected chi connectivity index (χ0v) is 12.9. The van der Waals surface area contributed by atoms with Crippen molar-refractivity contribution >= 4 is 5.97 Å². The quantitative estimate of drug-likeness (QED) is 0.802. The summed E-state index contributed by atoms with van der Waals surface area (Å²) in [6, 6.07) is 11.2. The molecular weight excluding hydrogens is 262 g/mol. The molecule has 1 unspecified atom stereocenters. The van der Waals surface area contributed by atoms with Crippen LogP contribution in [0.1, 0.15) is 56.9 Å². The van der Waals surface area contributed by atoms with E-state index in [4.69, 9.17) is 5.11 Å². The Morgan fingerprint density at radius 1 is 1.24 bits per heavy atom. The van der Waals surface area contributed by atoms with Crippen LogP contribution in [-0.4, -0.2) is 23.7 Å². The lowest BCUT2D eigenvalue weighted by atomic mass is 9.85. The molecule has 116 valence electrons. The number of aliphatic carboxylic acids is 1. The van der Waals surface area contributed by atoms with Crippen molar-refractivity contribution in [2.24, 2.45) is 5.92 Å². The van der Waals surface area contributed by atoms with Gasteiger partial charge in [0.05, 0.1) is 5.92 Å². The van der Waals surface area contributed by atoms with Crippen LogP contribution < -0.4 is 5.32 Å². The first-order chi connectivity index (χ1) is 10.2. The van der Waals surface area contributed by atoms with E-state index in [2.05, 4.69) is 42.6 Å². The van der Waals surface area contributed by atoms with E-state index in [9.17, 15) is 4.79 Å². The molecule has 0 amide bonds. The van der Waals surface area contributed by atoms with Gasteiger partial charge in [0.1, 0.15) is 0 Å². The lowest BCUT2D eigenvalue weighted by Gasteiger charge is -2.29. The molecule has 0 spiro atoms. The molecule has 0 aromatic heterocycles. The molecule has 1 aromatic carbocycles. The number of nitrogens with one attached hydrogen (secondary N) is 1. The van der Waals surface area contributed by atoms with Gasteiger partial charge in [-0.2, -0.15) is 0 Å². The molecule has 0 aliphatic heterocycles. The normalized spacial score (nSPS) is 23.7. The van der Waals surface area contributed by atoms with Gasteiger partial charge in [-0.3, -0.25) is 4.79 Å². The Labute approximate surface area is 127 Å². The zero-order valence-electron chi connectivity index (χ0n) is 12.9. The Morgan fingerprint density at radius 3 is 2.48 bits per heavy atom. The Morgan fingerprint density at radius 2 is 1.90 bits per heavy atom. The summed E-state index contributed by atoms with van der Waals surface area (Å²) in [5, 5.41) is 12.7. The molecule has 3 nitrogen and oxygen atoms in total. The topological polar surface area (TPSA) is 49.3 Å². The number of carbonyl (C=O) groups is 1. The van der Waals surface area contributed by atoms with Gasteiger partial charge in [-0.05, 0) is 43.6 Å². The van der Waals surface area contributed by atoms with Crippen LogP contribution in [0.3, 0.4) is 0 Å². The second-order valence-electron chi connectivity index (χ2n) is 6.19. The highest BCUT2D eigenvalue weighted by Crippen LogP contribution is 2.26. The van der Waals surface area contributed by atoms with Crippen molar-refractivity contribution in [1.29, 1.82) is 0 Å². The summed E-state index contributed by atoms with van der Waals surface area (Å²) in [5.41, 5.74) is 1.41. The summed E-state index contributed by atoms with van der Waals surface area (Å²) in [4.78, 5) is 11.0. The number of carboxylic acid groups (broad SMARTS) is 1. The Kier molecular flexibility index (Phi) is 6.24. The van der Waals surface area contributed by atoms with Crippen LogP contribution in [0.15, 0.2) is 30.3 Å². The fourth-order valence-electron chi connectivity index (χ4n) is 3.31. The number of rotatable bonds is 7. The highest BCUT2D eigenvalue weighted by atomic mass is 16.4. The SMILES string of the molecule is CCCC(CNC1CCC(C(=O)O)CC1)c1ccccc1. The molecule has 1 saturated carbocycles. The van der Waals surface area contributed by atoms with Crippen LogP contribution in [-0.2, 0) is 4.79 Å². The predicted octanol–water partition coefficient (Wildman–Crippen LogP) is 3.80. The largest absolute Gasteiger partial charge is 0.481 e. The Bertz CT molecular complexity index is 424. The average molecular weight is 289 g/mol. The first kappa shape index (κ1) is 16.0. The van der Waals surface area contributed by atoms with Crippen molar-refractivity contribution in [2.75, 3.05) is 6.54 Å². The average Bonchev–Trinajstić information content (AvgIpc) is 2.52. The van der Waals surface area contributed by atoms with Gasteiger partial charge >= 0.3 is 5.97 Å². The van der Waals surface area contributed by atoms with E-state index in [1.165, 1.54) is 18.4 Å². The van der Waals surface area contributed by atoms with Crippen LogP contribution >= 0.6 is 0 Å². The van der Waals surface area contributed by atoms with Gasteiger partial charge in [-0.1, -0.05) is 43.7 Å². The number of benzene rings is 1. The third-order valence-corrected chi connectivity index (χ3v) is 4.64. The minimum Gasteiger partial charge on any atom is -0.481 e. The second kappa shape index (κ2) is 8.18. The molecule has 0 bridgehead atoms. The van der Waals surface area contributed by atoms with Crippen LogP contribution in [0.25, 0.3) is 0 Å². The van der Waals surface area contributed by atoms with Gasteiger partial charge in [0.2, 0.25) is 0 Å². The molecule has 0 radical (unpaired) electrons. The van der Waals surface area contributed by atoms with Crippen LogP contribution in [0.5, 0.6) is 0 Å². The van der Waals surface area contributed by atoms with Crippen molar-refractivity contribution in [3.8, 4) is 0 Å². The zero-order chi connectivity index (χ0) is 15.1. The second-order valence-corrected chi connectivity index (χ2v) is 6.19. The van der Waals surface area contributed by atoms with Gasteiger partial charge in [0.25, 0.3) is 0 Å². The standard InChI is InChI=1S/C18H27NO2/c1-2-6-16(14-7-4-3-5-8-14)13-19-17-11-9-15(10-12-17)18(20)21/h3-5,7-8,15-17,19H,2,6,9-13H2,1H3,(H,20,21). The molecule has 2 N–H and O–H groups in total. The summed E-state index contributed by atoms with van der Waals surface area (Å²) < 4.78 is 0. The first-order valence-corrected chi connectivity index (χ1v) is 8.21. The molecule has 3 heteroatoms. The molecule has 1 atom stereocenters. The predicted molar refractivity (Wildman–Crippen MR) is 85.5 cm³/mol. The van der Waals surface area contributed by atoms with Crippen LogP contribution in [0.4, 0.5) is 0 Å². The van der Waals surface area contributed by atoms with E-state index in [0.29, 0.717) is 12.0 Å². The van der Waals surface area contributed by atoms with E-state index in [0.717, 1.165) is 32.2 Å². The molecule has 1 aromatic rings. The fourth-order valence-corrected chi connectivity index (χ4v) is 3.31. The minimum absolute atomic E-state index is 0.122. The third kappa shape index (κ3) is 4.85. The van der Waals surface area contributed by atoms with Crippen LogP contribution in [0.2, 0.25) is 0 Å². The Hall–Kier alpha value is -1.35. The molecular formula is C18H27NO2. The smallest absolute Gasteiger partial charge is 0.306 e.